The van der Waals surface area contributed by atoms with Crippen molar-refractivity contribution in [2.45, 2.75) is 13.0 Å². The average molecular weight is 516 g/mol. The Bertz CT molecular complexity index is 1650. The van der Waals surface area contributed by atoms with Crippen LogP contribution in [0, 0.1) is 18.3 Å². The smallest absolute Gasteiger partial charge is 0.323 e. The number of aromatic nitrogens is 5. The Balaban J connectivity index is 1.40. The minimum atomic E-state index is -0.290. The van der Waals surface area contributed by atoms with Crippen LogP contribution >= 0.6 is 0 Å². The standard InChI is InChI=1S/C25H25N9O4/c1-14-7-18(23(35)32(2)11-14)29-24-31-22-21(33(24)3)17(9-26)19(10-28-22)38-15-5-6-27-20(8-15)30-25(36)34-12-16(13-34)37-4/h5-8,10-11,16H,12-13H2,1-4H3,(H,27,30,36)(H,28,29,31). The summed E-state index contributed by atoms with van der Waals surface area (Å²) in [5.41, 5.74) is 2.00. The van der Waals surface area contributed by atoms with Crippen molar-refractivity contribution < 1.29 is 14.3 Å². The van der Waals surface area contributed by atoms with Crippen LogP contribution in [0.4, 0.5) is 22.2 Å². The molecule has 13 heteroatoms. The van der Waals surface area contributed by atoms with Gasteiger partial charge in [0.15, 0.2) is 11.4 Å². The molecule has 0 saturated carbocycles. The van der Waals surface area contributed by atoms with E-state index in [1.165, 1.54) is 17.0 Å². The van der Waals surface area contributed by atoms with Gasteiger partial charge < -0.3 is 28.8 Å². The zero-order valence-electron chi connectivity index (χ0n) is 21.2. The van der Waals surface area contributed by atoms with Gasteiger partial charge in [0.05, 0.1) is 25.4 Å². The molecule has 0 bridgehead atoms. The van der Waals surface area contributed by atoms with Crippen LogP contribution in [0.15, 0.2) is 41.6 Å². The van der Waals surface area contributed by atoms with E-state index in [-0.39, 0.29) is 29.0 Å². The maximum absolute atomic E-state index is 12.5. The summed E-state index contributed by atoms with van der Waals surface area (Å²) in [4.78, 5) is 39.5. The number of ether oxygens (including phenoxy) is 2. The molecule has 13 nitrogen and oxygen atoms in total. The highest BCUT2D eigenvalue weighted by atomic mass is 16.5. The Morgan fingerprint density at radius 2 is 2.03 bits per heavy atom. The zero-order chi connectivity index (χ0) is 27.0. The number of urea groups is 1. The van der Waals surface area contributed by atoms with E-state index in [2.05, 4.69) is 31.7 Å². The lowest BCUT2D eigenvalue weighted by atomic mass is 10.2. The first-order valence-corrected chi connectivity index (χ1v) is 11.7. The Labute approximate surface area is 217 Å². The van der Waals surface area contributed by atoms with Gasteiger partial charge in [0.25, 0.3) is 5.56 Å². The van der Waals surface area contributed by atoms with E-state index in [4.69, 9.17) is 9.47 Å². The lowest BCUT2D eigenvalue weighted by Gasteiger charge is -2.37. The molecule has 5 heterocycles. The second-order valence-electron chi connectivity index (χ2n) is 8.92. The fourth-order valence-electron chi connectivity index (χ4n) is 4.15. The molecule has 1 saturated heterocycles. The molecule has 0 aliphatic carbocycles. The second-order valence-corrected chi connectivity index (χ2v) is 8.92. The molecular formula is C25H25N9O4. The van der Waals surface area contributed by atoms with Crippen LogP contribution in [0.1, 0.15) is 11.1 Å². The topological polar surface area (TPSA) is 152 Å². The van der Waals surface area contributed by atoms with Crippen molar-refractivity contribution in [2.24, 2.45) is 14.1 Å². The van der Waals surface area contributed by atoms with Crippen LogP contribution in [-0.2, 0) is 18.8 Å². The van der Waals surface area contributed by atoms with Crippen LogP contribution < -0.4 is 20.9 Å². The van der Waals surface area contributed by atoms with E-state index in [9.17, 15) is 14.9 Å². The predicted molar refractivity (Wildman–Crippen MR) is 139 cm³/mol. The molecule has 1 aliphatic rings. The second kappa shape index (κ2) is 9.83. The number of nitrogens with one attached hydrogen (secondary N) is 2. The highest BCUT2D eigenvalue weighted by molar-refractivity contribution is 5.89. The van der Waals surface area contributed by atoms with Gasteiger partial charge in [-0.3, -0.25) is 10.1 Å². The molecular weight excluding hydrogens is 490 g/mol. The van der Waals surface area contributed by atoms with Crippen molar-refractivity contribution in [3.63, 3.8) is 0 Å². The number of likely N-dealkylation sites (tertiary alicyclic amines) is 1. The predicted octanol–water partition coefficient (Wildman–Crippen LogP) is 2.64. The van der Waals surface area contributed by atoms with E-state index in [1.807, 2.05) is 6.92 Å². The van der Waals surface area contributed by atoms with Gasteiger partial charge in [-0.1, -0.05) is 0 Å². The lowest BCUT2D eigenvalue weighted by Crippen LogP contribution is -2.55. The van der Waals surface area contributed by atoms with E-state index < -0.39 is 0 Å². The van der Waals surface area contributed by atoms with Crippen LogP contribution in [0.3, 0.4) is 0 Å². The van der Waals surface area contributed by atoms with Gasteiger partial charge in [-0.25, -0.2) is 14.8 Å². The number of pyridine rings is 3. The monoisotopic (exact) mass is 515 g/mol. The highest BCUT2D eigenvalue weighted by Gasteiger charge is 2.30. The molecule has 0 atom stereocenters. The van der Waals surface area contributed by atoms with Gasteiger partial charge in [-0.2, -0.15) is 10.2 Å². The first kappa shape index (κ1) is 24.7. The third-order valence-electron chi connectivity index (χ3n) is 6.21. The maximum Gasteiger partial charge on any atom is 0.323 e. The number of nitrogens with zero attached hydrogens (tertiary/aromatic N) is 7. The average Bonchev–Trinajstić information content (AvgIpc) is 3.17. The zero-order valence-corrected chi connectivity index (χ0v) is 21.2. The normalized spacial score (nSPS) is 13.2. The number of nitriles is 1. The number of hydrogen-bond donors (Lipinski definition) is 2. The molecule has 2 N–H and O–H groups in total. The number of fused-ring (bicyclic) bond motifs is 1. The largest absolute Gasteiger partial charge is 0.454 e. The fourth-order valence-corrected chi connectivity index (χ4v) is 4.15. The third-order valence-corrected chi connectivity index (χ3v) is 6.21. The van der Waals surface area contributed by atoms with Gasteiger partial charge >= 0.3 is 6.03 Å². The molecule has 4 aromatic rings. The first-order valence-electron chi connectivity index (χ1n) is 11.7. The summed E-state index contributed by atoms with van der Waals surface area (Å²) in [6, 6.07) is 6.77. The first-order chi connectivity index (χ1) is 18.3. The Hall–Kier alpha value is -4.96. The summed E-state index contributed by atoms with van der Waals surface area (Å²) in [6.45, 7) is 2.90. The number of imidazole rings is 1. The van der Waals surface area contributed by atoms with Crippen LogP contribution in [0.5, 0.6) is 11.5 Å². The van der Waals surface area contributed by atoms with Crippen LogP contribution in [0.25, 0.3) is 11.2 Å². The minimum absolute atomic E-state index is 0.0417. The lowest BCUT2D eigenvalue weighted by molar-refractivity contribution is -0.00467. The van der Waals surface area contributed by atoms with E-state index in [0.29, 0.717) is 47.5 Å². The quantitative estimate of drug-likeness (QED) is 0.395. The number of methoxy groups -OCH3 is 1. The summed E-state index contributed by atoms with van der Waals surface area (Å²) in [5.74, 6) is 1.21. The van der Waals surface area contributed by atoms with Crippen LogP contribution in [-0.4, -0.2) is 61.3 Å². The van der Waals surface area contributed by atoms with Gasteiger partial charge in [0.2, 0.25) is 5.95 Å². The van der Waals surface area contributed by atoms with E-state index in [0.717, 1.165) is 5.56 Å². The Morgan fingerprint density at radius 3 is 2.76 bits per heavy atom. The van der Waals surface area contributed by atoms with Crippen LogP contribution in [0.2, 0.25) is 0 Å². The maximum atomic E-state index is 12.5. The summed E-state index contributed by atoms with van der Waals surface area (Å²) in [7, 11) is 5.00. The SMILES string of the molecule is COC1CN(C(=O)Nc2cc(Oc3cnc4nc(Nc5cc(C)cn(C)c5=O)n(C)c4c3C#N)ccn2)C1. The number of aryl methyl sites for hydroxylation is 3. The van der Waals surface area contributed by atoms with Crippen molar-refractivity contribution in [3.8, 4) is 17.6 Å². The summed E-state index contributed by atoms with van der Waals surface area (Å²) in [5, 5.41) is 15.8. The number of amides is 2. The van der Waals surface area contributed by atoms with Gasteiger partial charge in [0.1, 0.15) is 34.4 Å². The molecule has 0 radical (unpaired) electrons. The highest BCUT2D eigenvalue weighted by Crippen LogP contribution is 2.32. The van der Waals surface area contributed by atoms with Crippen molar-refractivity contribution in [3.05, 3.63) is 58.3 Å². The molecule has 194 valence electrons. The van der Waals surface area contributed by atoms with Gasteiger partial charge in [0, 0.05) is 39.7 Å². The van der Waals surface area contributed by atoms with Crippen molar-refractivity contribution in [1.29, 1.82) is 5.26 Å². The molecule has 1 fully saturated rings. The van der Waals surface area contributed by atoms with Crippen molar-refractivity contribution in [1.82, 2.24) is 29.0 Å². The molecule has 5 rings (SSSR count). The van der Waals surface area contributed by atoms with Crippen molar-refractivity contribution in [2.75, 3.05) is 30.8 Å². The molecule has 38 heavy (non-hydrogen) atoms. The molecule has 1 aliphatic heterocycles. The number of rotatable bonds is 6. The third kappa shape index (κ3) is 4.60. The Kier molecular flexibility index (Phi) is 6.39. The molecule has 0 unspecified atom stereocenters. The number of hydrogen-bond acceptors (Lipinski definition) is 9. The van der Waals surface area contributed by atoms with Gasteiger partial charge in [-0.05, 0) is 24.6 Å². The summed E-state index contributed by atoms with van der Waals surface area (Å²) >= 11 is 0. The summed E-state index contributed by atoms with van der Waals surface area (Å²) in [6.07, 6.45) is 4.68. The molecule has 4 aromatic heterocycles. The van der Waals surface area contributed by atoms with Gasteiger partial charge in [-0.15, -0.1) is 0 Å². The van der Waals surface area contributed by atoms with E-state index >= 15 is 0 Å². The Morgan fingerprint density at radius 1 is 1.24 bits per heavy atom. The number of anilines is 3. The molecule has 0 spiro atoms. The molecule has 0 aromatic carbocycles. The molecule has 2 amide bonds. The fraction of sp³-hybridized carbons (Fsp3) is 0.280. The number of carbonyl (C=O) groups is 1. The number of carbonyl (C=O) groups excluding carboxylic acids is 1. The van der Waals surface area contributed by atoms with Crippen molar-refractivity contribution >= 4 is 34.6 Å². The van der Waals surface area contributed by atoms with E-state index in [1.54, 1.807) is 55.1 Å². The minimum Gasteiger partial charge on any atom is -0.454 e. The summed E-state index contributed by atoms with van der Waals surface area (Å²) < 4.78 is 14.3.